The van der Waals surface area contributed by atoms with Gasteiger partial charge in [-0.25, -0.2) is 9.48 Å². The number of alkyl halides is 3. The van der Waals surface area contributed by atoms with Crippen LogP contribution in [0.15, 0.2) is 36.7 Å². The molecule has 0 unspecified atom stereocenters. The van der Waals surface area contributed by atoms with Crippen LogP contribution in [0.2, 0.25) is 0 Å². The highest BCUT2D eigenvalue weighted by Gasteiger charge is 2.32. The number of hydrogen-bond donors (Lipinski definition) is 1. The van der Waals surface area contributed by atoms with Crippen molar-refractivity contribution in [2.45, 2.75) is 6.18 Å². The lowest BCUT2D eigenvalue weighted by Crippen LogP contribution is -2.11. The van der Waals surface area contributed by atoms with E-state index in [4.69, 9.17) is 5.11 Å². The molecule has 2 rings (SSSR count). The van der Waals surface area contributed by atoms with Crippen LogP contribution in [0.25, 0.3) is 5.69 Å². The first-order chi connectivity index (χ1) is 8.39. The highest BCUT2D eigenvalue weighted by Crippen LogP contribution is 2.31. The maximum Gasteiger partial charge on any atom is 0.416 e. The second kappa shape index (κ2) is 4.17. The molecule has 1 heterocycles. The van der Waals surface area contributed by atoms with Gasteiger partial charge in [-0.2, -0.15) is 18.3 Å². The minimum atomic E-state index is -4.58. The third kappa shape index (κ3) is 2.20. The average molecular weight is 256 g/mol. The van der Waals surface area contributed by atoms with Gasteiger partial charge in [-0.05, 0) is 24.3 Å². The Kier molecular flexibility index (Phi) is 2.82. The smallest absolute Gasteiger partial charge is 0.416 e. The molecule has 18 heavy (non-hydrogen) atoms. The largest absolute Gasteiger partial charge is 0.478 e. The Balaban J connectivity index is 2.59. The van der Waals surface area contributed by atoms with Gasteiger partial charge < -0.3 is 5.11 Å². The Hall–Kier alpha value is -2.31. The van der Waals surface area contributed by atoms with E-state index in [0.29, 0.717) is 6.07 Å². The Morgan fingerprint density at radius 2 is 2.06 bits per heavy atom. The monoisotopic (exact) mass is 256 g/mol. The highest BCUT2D eigenvalue weighted by atomic mass is 19.4. The molecular weight excluding hydrogens is 249 g/mol. The molecule has 0 aliphatic carbocycles. The molecule has 0 radical (unpaired) electrons. The van der Waals surface area contributed by atoms with Crippen LogP contribution in [0.5, 0.6) is 0 Å². The first kappa shape index (κ1) is 12.2. The number of carbonyl (C=O) groups is 1. The minimum Gasteiger partial charge on any atom is -0.478 e. The molecular formula is C11H7F3N2O2. The van der Waals surface area contributed by atoms with E-state index in [1.807, 2.05) is 0 Å². The molecule has 0 saturated carbocycles. The maximum absolute atomic E-state index is 12.5. The van der Waals surface area contributed by atoms with E-state index in [1.54, 1.807) is 6.07 Å². The second-order valence-corrected chi connectivity index (χ2v) is 3.49. The summed E-state index contributed by atoms with van der Waals surface area (Å²) in [7, 11) is 0. The van der Waals surface area contributed by atoms with Gasteiger partial charge >= 0.3 is 12.1 Å². The first-order valence-corrected chi connectivity index (χ1v) is 4.84. The molecule has 0 atom stereocenters. The van der Waals surface area contributed by atoms with Gasteiger partial charge in [0.1, 0.15) is 0 Å². The third-order valence-corrected chi connectivity index (χ3v) is 2.31. The fourth-order valence-electron chi connectivity index (χ4n) is 1.49. The molecule has 4 nitrogen and oxygen atoms in total. The van der Waals surface area contributed by atoms with Gasteiger partial charge in [-0.1, -0.05) is 0 Å². The summed E-state index contributed by atoms with van der Waals surface area (Å²) in [5, 5.41) is 12.7. The van der Waals surface area contributed by atoms with Gasteiger partial charge in [0.2, 0.25) is 0 Å². The average Bonchev–Trinajstić information content (AvgIpc) is 2.80. The molecule has 0 spiro atoms. The van der Waals surface area contributed by atoms with Gasteiger partial charge in [0, 0.05) is 12.4 Å². The standard InChI is InChI=1S/C11H7F3N2O2/c12-11(13,14)7-2-3-9(8(6-7)10(17)18)16-5-1-4-15-16/h1-6H,(H,17,18). The van der Waals surface area contributed by atoms with Crippen molar-refractivity contribution >= 4 is 5.97 Å². The molecule has 94 valence electrons. The lowest BCUT2D eigenvalue weighted by atomic mass is 10.1. The molecule has 1 aromatic carbocycles. The molecule has 0 aliphatic rings. The molecule has 0 saturated heterocycles. The Morgan fingerprint density at radius 1 is 1.33 bits per heavy atom. The van der Waals surface area contributed by atoms with Crippen molar-refractivity contribution < 1.29 is 23.1 Å². The molecule has 7 heteroatoms. The van der Waals surface area contributed by atoms with E-state index >= 15 is 0 Å². The maximum atomic E-state index is 12.5. The number of carboxylic acids is 1. The lowest BCUT2D eigenvalue weighted by molar-refractivity contribution is -0.137. The van der Waals surface area contributed by atoms with Gasteiger partial charge in [0.05, 0.1) is 16.8 Å². The van der Waals surface area contributed by atoms with Crippen molar-refractivity contribution in [2.24, 2.45) is 0 Å². The van der Waals surface area contributed by atoms with Gasteiger partial charge in [0.15, 0.2) is 0 Å². The van der Waals surface area contributed by atoms with Crippen molar-refractivity contribution in [1.82, 2.24) is 9.78 Å². The van der Waals surface area contributed by atoms with E-state index in [0.717, 1.165) is 12.1 Å². The van der Waals surface area contributed by atoms with Crippen LogP contribution in [0.4, 0.5) is 13.2 Å². The molecule has 1 aromatic heterocycles. The van der Waals surface area contributed by atoms with E-state index in [-0.39, 0.29) is 5.69 Å². The van der Waals surface area contributed by atoms with Gasteiger partial charge in [-0.15, -0.1) is 0 Å². The molecule has 0 bridgehead atoms. The van der Waals surface area contributed by atoms with Crippen molar-refractivity contribution in [3.05, 3.63) is 47.8 Å². The Bertz CT molecular complexity index is 576. The van der Waals surface area contributed by atoms with Crippen LogP contribution in [-0.4, -0.2) is 20.9 Å². The van der Waals surface area contributed by atoms with Crippen molar-refractivity contribution in [3.63, 3.8) is 0 Å². The SMILES string of the molecule is O=C(O)c1cc(C(F)(F)F)ccc1-n1cccn1. The number of halogens is 3. The first-order valence-electron chi connectivity index (χ1n) is 4.84. The van der Waals surface area contributed by atoms with Gasteiger partial charge in [0.25, 0.3) is 0 Å². The number of aromatic nitrogens is 2. The van der Waals surface area contributed by atoms with Crippen LogP contribution in [0.3, 0.4) is 0 Å². The molecule has 0 amide bonds. The summed E-state index contributed by atoms with van der Waals surface area (Å²) in [6.45, 7) is 0. The van der Waals surface area contributed by atoms with Crippen molar-refractivity contribution in [3.8, 4) is 5.69 Å². The van der Waals surface area contributed by atoms with E-state index in [9.17, 15) is 18.0 Å². The fraction of sp³-hybridized carbons (Fsp3) is 0.0909. The lowest BCUT2D eigenvalue weighted by Gasteiger charge is -2.11. The summed E-state index contributed by atoms with van der Waals surface area (Å²) in [6.07, 6.45) is -1.72. The van der Waals surface area contributed by atoms with Crippen LogP contribution in [0.1, 0.15) is 15.9 Å². The van der Waals surface area contributed by atoms with Crippen LogP contribution < -0.4 is 0 Å². The zero-order valence-corrected chi connectivity index (χ0v) is 8.85. The van der Waals surface area contributed by atoms with Crippen molar-refractivity contribution in [1.29, 1.82) is 0 Å². The summed E-state index contributed by atoms with van der Waals surface area (Å²) in [5.41, 5.74) is -1.37. The summed E-state index contributed by atoms with van der Waals surface area (Å²) in [5.74, 6) is -1.44. The number of nitrogens with zero attached hydrogens (tertiary/aromatic N) is 2. The predicted octanol–water partition coefficient (Wildman–Crippen LogP) is 2.59. The summed E-state index contributed by atoms with van der Waals surface area (Å²) >= 11 is 0. The van der Waals surface area contributed by atoms with E-state index in [2.05, 4.69) is 5.10 Å². The predicted molar refractivity (Wildman–Crippen MR) is 55.5 cm³/mol. The van der Waals surface area contributed by atoms with Crippen LogP contribution in [-0.2, 0) is 6.18 Å². The number of benzene rings is 1. The zero-order chi connectivity index (χ0) is 13.3. The Labute approximate surface area is 99.3 Å². The molecule has 1 N–H and O–H groups in total. The van der Waals surface area contributed by atoms with E-state index in [1.165, 1.54) is 17.1 Å². The Morgan fingerprint density at radius 3 is 2.56 bits per heavy atom. The fourth-order valence-corrected chi connectivity index (χ4v) is 1.49. The summed E-state index contributed by atoms with van der Waals surface area (Å²) in [4.78, 5) is 11.0. The highest BCUT2D eigenvalue weighted by molar-refractivity contribution is 5.92. The van der Waals surface area contributed by atoms with Gasteiger partial charge in [-0.3, -0.25) is 0 Å². The van der Waals surface area contributed by atoms with E-state index < -0.39 is 23.3 Å². The third-order valence-electron chi connectivity index (χ3n) is 2.31. The number of carboxylic acid groups (broad SMARTS) is 1. The molecule has 0 fully saturated rings. The molecule has 2 aromatic rings. The topological polar surface area (TPSA) is 55.1 Å². The van der Waals surface area contributed by atoms with Crippen LogP contribution >= 0.6 is 0 Å². The summed E-state index contributed by atoms with van der Waals surface area (Å²) in [6, 6.07) is 4.05. The quantitative estimate of drug-likeness (QED) is 0.898. The second-order valence-electron chi connectivity index (χ2n) is 3.49. The number of rotatable bonds is 2. The summed E-state index contributed by atoms with van der Waals surface area (Å²) < 4.78 is 38.7. The normalized spacial score (nSPS) is 11.5. The van der Waals surface area contributed by atoms with Crippen LogP contribution in [0, 0.1) is 0 Å². The minimum absolute atomic E-state index is 0.0838. The number of hydrogen-bond acceptors (Lipinski definition) is 2. The number of aromatic carboxylic acids is 1. The van der Waals surface area contributed by atoms with Crippen molar-refractivity contribution in [2.75, 3.05) is 0 Å². The zero-order valence-electron chi connectivity index (χ0n) is 8.85. The molecule has 0 aliphatic heterocycles.